The Morgan fingerprint density at radius 2 is 1.47 bits per heavy atom. The van der Waals surface area contributed by atoms with E-state index in [1.54, 1.807) is 42.5 Å². The Morgan fingerprint density at radius 1 is 0.844 bits per heavy atom. The summed E-state index contributed by atoms with van der Waals surface area (Å²) in [5, 5.41) is 3.63. The van der Waals surface area contributed by atoms with E-state index in [4.69, 9.17) is 27.9 Å². The van der Waals surface area contributed by atoms with Crippen LogP contribution in [-0.2, 0) is 32.6 Å². The lowest BCUT2D eigenvalue weighted by Gasteiger charge is -2.34. The maximum Gasteiger partial charge on any atom is 0.264 e. The number of ether oxygens (including phenoxy) is 1. The van der Waals surface area contributed by atoms with Gasteiger partial charge >= 0.3 is 0 Å². The molecule has 8 nitrogen and oxygen atoms in total. The van der Waals surface area contributed by atoms with Gasteiger partial charge in [-0.3, -0.25) is 13.9 Å². The quantitative estimate of drug-likeness (QED) is 0.179. The molecule has 0 saturated heterocycles. The highest BCUT2D eigenvalue weighted by molar-refractivity contribution is 7.92. The average Bonchev–Trinajstić information content (AvgIpc) is 3.02. The van der Waals surface area contributed by atoms with E-state index >= 15 is 0 Å². The van der Waals surface area contributed by atoms with E-state index in [9.17, 15) is 18.0 Å². The Labute approximate surface area is 274 Å². The van der Waals surface area contributed by atoms with Crippen molar-refractivity contribution >= 4 is 50.7 Å². The van der Waals surface area contributed by atoms with Gasteiger partial charge in [0, 0.05) is 24.0 Å². The smallest absolute Gasteiger partial charge is 0.264 e. The Morgan fingerprint density at radius 3 is 2.04 bits per heavy atom. The second-order valence-electron chi connectivity index (χ2n) is 10.7. The summed E-state index contributed by atoms with van der Waals surface area (Å²) in [5.41, 5.74) is 1.72. The number of nitrogens with one attached hydrogen (secondary N) is 1. The fourth-order valence-electron chi connectivity index (χ4n) is 4.78. The molecule has 0 fully saturated rings. The molecule has 45 heavy (non-hydrogen) atoms. The molecule has 0 aliphatic heterocycles. The molecule has 0 heterocycles. The molecule has 0 aromatic heterocycles. The largest absolute Gasteiger partial charge is 0.495 e. The van der Waals surface area contributed by atoms with Crippen molar-refractivity contribution < 1.29 is 22.7 Å². The van der Waals surface area contributed by atoms with Crippen LogP contribution in [0.5, 0.6) is 5.75 Å². The lowest BCUT2D eigenvalue weighted by molar-refractivity contribution is -0.140. The number of benzene rings is 4. The van der Waals surface area contributed by atoms with Gasteiger partial charge in [0.2, 0.25) is 11.8 Å². The minimum atomic E-state index is -4.25. The zero-order valence-corrected chi connectivity index (χ0v) is 27.5. The fourth-order valence-corrected chi connectivity index (χ4v) is 6.59. The minimum absolute atomic E-state index is 0.00706. The van der Waals surface area contributed by atoms with E-state index in [-0.39, 0.29) is 40.5 Å². The second kappa shape index (κ2) is 15.3. The van der Waals surface area contributed by atoms with Crippen LogP contribution in [0.1, 0.15) is 25.0 Å². The summed E-state index contributed by atoms with van der Waals surface area (Å²) in [4.78, 5) is 29.6. The van der Waals surface area contributed by atoms with Gasteiger partial charge in [-0.15, -0.1) is 0 Å². The van der Waals surface area contributed by atoms with E-state index in [0.29, 0.717) is 16.3 Å². The third-order valence-corrected chi connectivity index (χ3v) is 9.34. The summed E-state index contributed by atoms with van der Waals surface area (Å²) in [6.45, 7) is 3.10. The molecule has 4 aromatic rings. The van der Waals surface area contributed by atoms with Gasteiger partial charge in [0.1, 0.15) is 18.3 Å². The molecule has 1 N–H and O–H groups in total. The Kier molecular flexibility index (Phi) is 11.5. The van der Waals surface area contributed by atoms with E-state index in [2.05, 4.69) is 5.32 Å². The van der Waals surface area contributed by atoms with Gasteiger partial charge in [0.15, 0.2) is 0 Å². The molecule has 0 radical (unpaired) electrons. The topological polar surface area (TPSA) is 96.0 Å². The summed E-state index contributed by atoms with van der Waals surface area (Å²) in [6.07, 6.45) is 0.207. The maximum absolute atomic E-state index is 14.5. The van der Waals surface area contributed by atoms with Crippen molar-refractivity contribution in [3.8, 4) is 5.75 Å². The van der Waals surface area contributed by atoms with Crippen molar-refractivity contribution in [3.63, 3.8) is 0 Å². The van der Waals surface area contributed by atoms with Crippen LogP contribution in [0.4, 0.5) is 5.69 Å². The van der Waals surface area contributed by atoms with Crippen LogP contribution in [0.15, 0.2) is 108 Å². The lowest BCUT2D eigenvalue weighted by Crippen LogP contribution is -2.54. The number of methoxy groups -OCH3 is 1. The standard InChI is InChI=1S/C34H35Cl2N3O5S/c1-24(2)37-34(41)31(20-25-10-6-4-7-11-25)38(22-26-14-16-27(35)17-15-26)33(40)23-39(28-18-19-32(44-3)30(36)21-28)45(42,43)29-12-8-5-9-13-29/h4-19,21,24,31H,20,22-23H2,1-3H3,(H,37,41)/t31-/m0/s1. The van der Waals surface area contributed by atoms with Crippen molar-refractivity contribution in [2.24, 2.45) is 0 Å². The molecule has 0 saturated carbocycles. The van der Waals surface area contributed by atoms with Crippen molar-refractivity contribution in [2.45, 2.75) is 43.8 Å². The number of hydrogen-bond donors (Lipinski definition) is 1. The molecule has 2 amide bonds. The van der Waals surface area contributed by atoms with Crippen LogP contribution in [0.25, 0.3) is 0 Å². The number of nitrogens with zero attached hydrogens (tertiary/aromatic N) is 2. The van der Waals surface area contributed by atoms with Crippen LogP contribution in [0, 0.1) is 0 Å². The highest BCUT2D eigenvalue weighted by atomic mass is 35.5. The van der Waals surface area contributed by atoms with E-state index in [1.807, 2.05) is 44.2 Å². The van der Waals surface area contributed by atoms with E-state index in [1.165, 1.54) is 42.3 Å². The Bertz CT molecular complexity index is 1700. The second-order valence-corrected chi connectivity index (χ2v) is 13.4. The molecule has 11 heteroatoms. The van der Waals surface area contributed by atoms with Gasteiger partial charge < -0.3 is 15.0 Å². The predicted molar refractivity (Wildman–Crippen MR) is 178 cm³/mol. The number of rotatable bonds is 13. The number of sulfonamides is 1. The first-order valence-corrected chi connectivity index (χ1v) is 16.5. The Hall–Kier alpha value is -4.05. The molecule has 1 atom stereocenters. The molecule has 236 valence electrons. The third-order valence-electron chi connectivity index (χ3n) is 7.00. The van der Waals surface area contributed by atoms with Crippen molar-refractivity contribution in [1.82, 2.24) is 10.2 Å². The van der Waals surface area contributed by atoms with Crippen LogP contribution in [-0.4, -0.2) is 50.9 Å². The van der Waals surface area contributed by atoms with Gasteiger partial charge in [-0.05, 0) is 67.4 Å². The summed E-state index contributed by atoms with van der Waals surface area (Å²) < 4.78 is 34.4. The zero-order valence-electron chi connectivity index (χ0n) is 25.2. The van der Waals surface area contributed by atoms with Crippen molar-refractivity contribution in [3.05, 3.63) is 124 Å². The summed E-state index contributed by atoms with van der Waals surface area (Å²) in [5.74, 6) is -0.598. The molecular formula is C34H35Cl2N3O5S. The number of carbonyl (C=O) groups is 2. The number of hydrogen-bond acceptors (Lipinski definition) is 5. The molecule has 4 aromatic carbocycles. The third kappa shape index (κ3) is 8.78. The van der Waals surface area contributed by atoms with Gasteiger partial charge in [0.05, 0.1) is 22.7 Å². The van der Waals surface area contributed by atoms with Gasteiger partial charge in [-0.25, -0.2) is 8.42 Å². The zero-order chi connectivity index (χ0) is 32.6. The molecule has 4 rings (SSSR count). The fraction of sp³-hybridized carbons (Fsp3) is 0.235. The predicted octanol–water partition coefficient (Wildman–Crippen LogP) is 6.36. The minimum Gasteiger partial charge on any atom is -0.495 e. The van der Waals surface area contributed by atoms with Gasteiger partial charge in [0.25, 0.3) is 10.0 Å². The van der Waals surface area contributed by atoms with Crippen LogP contribution in [0.2, 0.25) is 10.0 Å². The maximum atomic E-state index is 14.5. The van der Waals surface area contributed by atoms with Gasteiger partial charge in [-0.2, -0.15) is 0 Å². The summed E-state index contributed by atoms with van der Waals surface area (Å²) in [6, 6.07) is 27.5. The Balaban J connectivity index is 1.82. The van der Waals surface area contributed by atoms with Gasteiger partial charge in [-0.1, -0.05) is 83.9 Å². The molecular weight excluding hydrogens is 633 g/mol. The first kappa shape index (κ1) is 33.8. The number of carbonyl (C=O) groups excluding carboxylic acids is 2. The highest BCUT2D eigenvalue weighted by Crippen LogP contribution is 2.32. The van der Waals surface area contributed by atoms with Crippen LogP contribution in [0.3, 0.4) is 0 Å². The summed E-state index contributed by atoms with van der Waals surface area (Å²) >= 11 is 12.5. The van der Waals surface area contributed by atoms with Crippen molar-refractivity contribution in [1.29, 1.82) is 0 Å². The van der Waals surface area contributed by atoms with Crippen LogP contribution < -0.4 is 14.4 Å². The average molecular weight is 669 g/mol. The number of amides is 2. The molecule has 0 spiro atoms. The van der Waals surface area contributed by atoms with E-state index < -0.39 is 28.5 Å². The monoisotopic (exact) mass is 667 g/mol. The first-order chi connectivity index (χ1) is 21.5. The highest BCUT2D eigenvalue weighted by Gasteiger charge is 2.35. The summed E-state index contributed by atoms with van der Waals surface area (Å²) in [7, 11) is -2.80. The lowest BCUT2D eigenvalue weighted by atomic mass is 10.0. The SMILES string of the molecule is COc1ccc(N(CC(=O)N(Cc2ccc(Cl)cc2)[C@@H](Cc2ccccc2)C(=O)NC(C)C)S(=O)(=O)c2ccccc2)cc1Cl. The van der Waals surface area contributed by atoms with E-state index in [0.717, 1.165) is 9.87 Å². The normalized spacial score (nSPS) is 12.0. The molecule has 0 unspecified atom stereocenters. The van der Waals surface area contributed by atoms with Crippen LogP contribution >= 0.6 is 23.2 Å². The van der Waals surface area contributed by atoms with Crippen molar-refractivity contribution in [2.75, 3.05) is 18.0 Å². The first-order valence-electron chi connectivity index (χ1n) is 14.3. The number of anilines is 1. The number of halogens is 2. The molecule has 0 aliphatic carbocycles. The molecule has 0 aliphatic rings. The molecule has 0 bridgehead atoms.